The van der Waals surface area contributed by atoms with Gasteiger partial charge >= 0.3 is 0 Å². The van der Waals surface area contributed by atoms with Crippen LogP contribution in [0.3, 0.4) is 0 Å². The highest BCUT2D eigenvalue weighted by molar-refractivity contribution is 7.89. The van der Waals surface area contributed by atoms with E-state index in [9.17, 15) is 13.2 Å². The van der Waals surface area contributed by atoms with E-state index in [1.807, 2.05) is 32.0 Å². The van der Waals surface area contributed by atoms with Gasteiger partial charge in [0.1, 0.15) is 6.04 Å². The van der Waals surface area contributed by atoms with Gasteiger partial charge in [-0.15, -0.1) is 0 Å². The van der Waals surface area contributed by atoms with Gasteiger partial charge in [0, 0.05) is 24.0 Å². The van der Waals surface area contributed by atoms with Gasteiger partial charge in [0.25, 0.3) is 0 Å². The summed E-state index contributed by atoms with van der Waals surface area (Å²) in [5.74, 6) is -0.290. The number of carbonyl (C=O) groups excluding carboxylic acids is 1. The molecule has 1 unspecified atom stereocenters. The summed E-state index contributed by atoms with van der Waals surface area (Å²) in [6.45, 7) is 4.60. The molecule has 3 heterocycles. The first-order valence-corrected chi connectivity index (χ1v) is 14.2. The molecule has 0 aliphatic carbocycles. The van der Waals surface area contributed by atoms with Gasteiger partial charge in [-0.1, -0.05) is 29.0 Å². The lowest BCUT2D eigenvalue weighted by Crippen LogP contribution is -2.47. The summed E-state index contributed by atoms with van der Waals surface area (Å²) in [7, 11) is -3.88. The minimum Gasteiger partial charge on any atom is -0.282 e. The van der Waals surface area contributed by atoms with Crippen LogP contribution in [-0.2, 0) is 21.4 Å². The maximum atomic E-state index is 14.0. The number of halogens is 1. The van der Waals surface area contributed by atoms with Crippen molar-refractivity contribution in [1.82, 2.24) is 14.3 Å². The second-order valence-corrected chi connectivity index (χ2v) is 12.3. The van der Waals surface area contributed by atoms with Crippen molar-refractivity contribution in [1.29, 1.82) is 0 Å². The Kier molecular flexibility index (Phi) is 6.82. The fourth-order valence-electron chi connectivity index (χ4n) is 4.39. The number of thiazole rings is 1. The number of aryl methyl sites for hydroxylation is 2. The van der Waals surface area contributed by atoms with Crippen molar-refractivity contribution < 1.29 is 13.2 Å². The number of sulfonamides is 1. The van der Waals surface area contributed by atoms with Crippen LogP contribution in [-0.4, -0.2) is 41.2 Å². The van der Waals surface area contributed by atoms with Crippen LogP contribution in [0.25, 0.3) is 10.2 Å². The molecule has 186 valence electrons. The predicted molar refractivity (Wildman–Crippen MR) is 143 cm³/mol. The van der Waals surface area contributed by atoms with Crippen LogP contribution in [0.2, 0.25) is 5.02 Å². The van der Waals surface area contributed by atoms with Crippen molar-refractivity contribution in [2.45, 2.75) is 44.2 Å². The quantitative estimate of drug-likeness (QED) is 0.329. The number of hydrogen-bond acceptors (Lipinski definition) is 6. The third-order valence-corrected chi connectivity index (χ3v) is 9.68. The van der Waals surface area contributed by atoms with E-state index >= 15 is 0 Å². The molecular weight excluding hydrogens is 516 g/mol. The summed E-state index contributed by atoms with van der Waals surface area (Å²) < 4.78 is 29.3. The van der Waals surface area contributed by atoms with E-state index in [-0.39, 0.29) is 23.9 Å². The number of carbonyl (C=O) groups is 1. The molecular formula is C26H25ClN4O3S2. The van der Waals surface area contributed by atoms with Crippen molar-refractivity contribution in [3.05, 3.63) is 82.6 Å². The van der Waals surface area contributed by atoms with Gasteiger partial charge in [0.2, 0.25) is 15.9 Å². The molecule has 0 N–H and O–H groups in total. The monoisotopic (exact) mass is 540 g/mol. The van der Waals surface area contributed by atoms with Crippen LogP contribution in [0.1, 0.15) is 29.5 Å². The minimum atomic E-state index is -3.88. The molecule has 5 rings (SSSR count). The van der Waals surface area contributed by atoms with Crippen molar-refractivity contribution in [2.24, 2.45) is 0 Å². The first-order chi connectivity index (χ1) is 17.2. The highest BCUT2D eigenvalue weighted by atomic mass is 35.5. The molecule has 10 heteroatoms. The normalized spacial score (nSPS) is 16.5. The molecule has 0 saturated carbocycles. The number of hydrogen-bond donors (Lipinski definition) is 0. The van der Waals surface area contributed by atoms with Gasteiger partial charge in [-0.25, -0.2) is 13.4 Å². The lowest BCUT2D eigenvalue weighted by Gasteiger charge is -2.28. The summed E-state index contributed by atoms with van der Waals surface area (Å²) in [4.78, 5) is 24.7. The molecule has 1 atom stereocenters. The molecule has 1 aliphatic rings. The van der Waals surface area contributed by atoms with Crippen LogP contribution >= 0.6 is 22.9 Å². The topological polar surface area (TPSA) is 83.5 Å². The maximum absolute atomic E-state index is 14.0. The largest absolute Gasteiger partial charge is 0.282 e. The Morgan fingerprint density at radius 2 is 1.92 bits per heavy atom. The Morgan fingerprint density at radius 1 is 1.17 bits per heavy atom. The van der Waals surface area contributed by atoms with Gasteiger partial charge in [-0.3, -0.25) is 14.7 Å². The van der Waals surface area contributed by atoms with Crippen LogP contribution in [0, 0.1) is 13.8 Å². The summed E-state index contributed by atoms with van der Waals surface area (Å²) >= 11 is 7.39. The standard InChI is InChI=1S/C26H25ClN4O3S2/c1-17-13-22-24(14-18(17)2)35-26(29-22)30(16-19-5-3-11-28-15-19)25(32)23-6-4-12-31(23)36(33,34)21-9-7-20(27)8-10-21/h3,5,7-11,13-15,23H,4,6,12,16H2,1-2H3. The number of amides is 1. The van der Waals surface area contributed by atoms with Gasteiger partial charge in [-0.2, -0.15) is 4.31 Å². The third kappa shape index (κ3) is 4.76. The number of pyridine rings is 1. The second-order valence-electron chi connectivity index (χ2n) is 8.91. The predicted octanol–water partition coefficient (Wildman–Crippen LogP) is 5.35. The fraction of sp³-hybridized carbons (Fsp3) is 0.269. The number of fused-ring (bicyclic) bond motifs is 1. The molecule has 0 radical (unpaired) electrons. The molecule has 36 heavy (non-hydrogen) atoms. The molecule has 1 amide bonds. The zero-order chi connectivity index (χ0) is 25.4. The minimum absolute atomic E-state index is 0.122. The molecule has 0 bridgehead atoms. The average molecular weight is 541 g/mol. The van der Waals surface area contributed by atoms with Crippen molar-refractivity contribution in [3.8, 4) is 0 Å². The molecule has 0 spiro atoms. The van der Waals surface area contributed by atoms with E-state index in [0.29, 0.717) is 23.0 Å². The van der Waals surface area contributed by atoms with Gasteiger partial charge in [-0.05, 0) is 85.8 Å². The Morgan fingerprint density at radius 3 is 2.64 bits per heavy atom. The Balaban J connectivity index is 1.53. The zero-order valence-electron chi connectivity index (χ0n) is 19.9. The average Bonchev–Trinajstić information content (AvgIpc) is 3.51. The molecule has 1 saturated heterocycles. The maximum Gasteiger partial charge on any atom is 0.247 e. The number of benzene rings is 2. The Labute approximate surface area is 219 Å². The van der Waals surface area contributed by atoms with E-state index in [0.717, 1.165) is 26.9 Å². The first-order valence-electron chi connectivity index (χ1n) is 11.6. The van der Waals surface area contributed by atoms with Crippen molar-refractivity contribution in [2.75, 3.05) is 11.4 Å². The molecule has 2 aromatic carbocycles. The lowest BCUT2D eigenvalue weighted by molar-refractivity contribution is -0.121. The third-order valence-electron chi connectivity index (χ3n) is 6.46. The smallest absolute Gasteiger partial charge is 0.247 e. The van der Waals surface area contributed by atoms with E-state index in [4.69, 9.17) is 16.6 Å². The first kappa shape index (κ1) is 24.8. The van der Waals surface area contributed by atoms with Gasteiger partial charge < -0.3 is 0 Å². The summed E-state index contributed by atoms with van der Waals surface area (Å²) in [5.41, 5.74) is 3.93. The van der Waals surface area contributed by atoms with Crippen molar-refractivity contribution in [3.63, 3.8) is 0 Å². The Bertz CT molecular complexity index is 1480. The number of aromatic nitrogens is 2. The van der Waals surface area contributed by atoms with Gasteiger partial charge in [0.15, 0.2) is 5.13 Å². The van der Waals surface area contributed by atoms with Crippen LogP contribution < -0.4 is 4.90 Å². The summed E-state index contributed by atoms with van der Waals surface area (Å²) in [6, 6.07) is 13.0. The fourth-order valence-corrected chi connectivity index (χ4v) is 7.22. The lowest BCUT2D eigenvalue weighted by atomic mass is 10.1. The number of anilines is 1. The number of rotatable bonds is 6. The molecule has 4 aromatic rings. The number of nitrogens with zero attached hydrogens (tertiary/aromatic N) is 4. The summed E-state index contributed by atoms with van der Waals surface area (Å²) in [5, 5.41) is 0.992. The molecule has 1 fully saturated rings. The Hall–Kier alpha value is -2.85. The van der Waals surface area contributed by atoms with Crippen molar-refractivity contribution >= 4 is 54.2 Å². The van der Waals surface area contributed by atoms with E-state index in [1.54, 1.807) is 29.4 Å². The van der Waals surface area contributed by atoms with E-state index < -0.39 is 16.1 Å². The van der Waals surface area contributed by atoms with Crippen LogP contribution in [0.15, 0.2) is 65.8 Å². The van der Waals surface area contributed by atoms with E-state index in [1.165, 1.54) is 27.8 Å². The zero-order valence-corrected chi connectivity index (χ0v) is 22.3. The highest BCUT2D eigenvalue weighted by Gasteiger charge is 2.42. The SMILES string of the molecule is Cc1cc2nc(N(Cc3cccnc3)C(=O)C3CCCN3S(=O)(=O)c3ccc(Cl)cc3)sc2cc1C. The second kappa shape index (κ2) is 9.89. The van der Waals surface area contributed by atoms with Crippen LogP contribution in [0.4, 0.5) is 5.13 Å². The van der Waals surface area contributed by atoms with Gasteiger partial charge in [0.05, 0.1) is 21.7 Å². The van der Waals surface area contributed by atoms with E-state index in [2.05, 4.69) is 11.1 Å². The molecule has 1 aliphatic heterocycles. The molecule has 7 nitrogen and oxygen atoms in total. The highest BCUT2D eigenvalue weighted by Crippen LogP contribution is 2.34. The van der Waals surface area contributed by atoms with Crippen LogP contribution in [0.5, 0.6) is 0 Å². The molecule has 2 aromatic heterocycles. The summed E-state index contributed by atoms with van der Waals surface area (Å²) in [6.07, 6.45) is 4.43.